The fourth-order valence-corrected chi connectivity index (χ4v) is 0.568. The van der Waals surface area contributed by atoms with Crippen LogP contribution in [-0.2, 0) is 52.6 Å². The molecule has 0 aliphatic heterocycles. The monoisotopic (exact) mass is 474 g/mol. The van der Waals surface area contributed by atoms with Gasteiger partial charge in [0.25, 0.3) is 5.97 Å². The molecule has 2 N–H and O–H groups in total. The lowest BCUT2D eigenvalue weighted by Gasteiger charge is -1.90. The number of ether oxygens (including phenoxy) is 3. The van der Waals surface area contributed by atoms with E-state index in [4.69, 9.17) is 15.0 Å². The van der Waals surface area contributed by atoms with Gasteiger partial charge in [0.2, 0.25) is 0 Å². The van der Waals surface area contributed by atoms with Crippen molar-refractivity contribution in [2.75, 3.05) is 0 Å². The molecule has 0 unspecified atom stereocenters. The van der Waals surface area contributed by atoms with Gasteiger partial charge in [-0.1, -0.05) is 26.3 Å². The number of hydrogen-bond acceptors (Lipinski definition) is 11. The summed E-state index contributed by atoms with van der Waals surface area (Å²) < 4.78 is 12.0. The molecule has 0 saturated heterocycles. The van der Waals surface area contributed by atoms with E-state index in [1.54, 1.807) is 0 Å². The van der Waals surface area contributed by atoms with Gasteiger partial charge in [-0.25, -0.2) is 19.2 Å². The molecule has 0 rings (SSSR count). The molecule has 13 nitrogen and oxygen atoms in total. The van der Waals surface area contributed by atoms with Gasteiger partial charge in [-0.3, -0.25) is 19.2 Å². The van der Waals surface area contributed by atoms with E-state index >= 15 is 0 Å². The summed E-state index contributed by atoms with van der Waals surface area (Å²) in [6.45, 7) is 16.8. The standard InChI is InChI=1S/C6H6O3.C5H6O3.C4H6O3.C3H4O2.C2H4O2/c1-3-5(7)9-6(8)4-2;1-3-5(7)8-4(2)6;1-3(5)7-4(2)6;1-2-3(4)5;1-2(3)4/h3-4H,1-2H2;3H,1H2,2H3;1-2H3;2H,1H2,(H,4,5);1H3,(H,3,4). The summed E-state index contributed by atoms with van der Waals surface area (Å²) in [5, 5.41) is 15.0. The molecule has 0 amide bonds. The van der Waals surface area contributed by atoms with Gasteiger partial charge < -0.3 is 24.4 Å². The lowest BCUT2D eigenvalue weighted by atomic mass is 10.6. The average molecular weight is 474 g/mol. The Balaban J connectivity index is -0.000000102. The zero-order valence-electron chi connectivity index (χ0n) is 18.5. The average Bonchev–Trinajstić information content (AvgIpc) is 2.67. The first-order valence-corrected chi connectivity index (χ1v) is 8.09. The molecule has 0 aliphatic carbocycles. The third kappa shape index (κ3) is 74.6. The minimum absolute atomic E-state index is 0.562. The van der Waals surface area contributed by atoms with Crippen molar-refractivity contribution >= 4 is 47.8 Å². The molecule has 0 saturated carbocycles. The number of hydrogen-bond donors (Lipinski definition) is 2. The first-order valence-electron chi connectivity index (χ1n) is 8.09. The van der Waals surface area contributed by atoms with Crippen LogP contribution in [0.2, 0.25) is 0 Å². The first-order chi connectivity index (χ1) is 15.0. The smallest absolute Gasteiger partial charge is 0.338 e. The Morgan fingerprint density at radius 2 is 0.727 bits per heavy atom. The third-order valence-electron chi connectivity index (χ3n) is 1.41. The van der Waals surface area contributed by atoms with Gasteiger partial charge in [0, 0.05) is 52.0 Å². The van der Waals surface area contributed by atoms with Gasteiger partial charge in [0.15, 0.2) is 0 Å². The van der Waals surface area contributed by atoms with Crippen LogP contribution >= 0.6 is 0 Å². The highest BCUT2D eigenvalue weighted by Crippen LogP contribution is 1.80. The number of rotatable bonds is 4. The van der Waals surface area contributed by atoms with E-state index in [0.29, 0.717) is 0 Å². The van der Waals surface area contributed by atoms with E-state index in [1.807, 2.05) is 0 Å². The van der Waals surface area contributed by atoms with E-state index in [9.17, 15) is 33.6 Å². The second-order valence-corrected chi connectivity index (χ2v) is 4.41. The normalized spacial score (nSPS) is 7.27. The zero-order chi connectivity index (χ0) is 27.6. The van der Waals surface area contributed by atoms with Gasteiger partial charge in [-0.15, -0.1) is 0 Å². The van der Waals surface area contributed by atoms with Crippen molar-refractivity contribution in [2.24, 2.45) is 0 Å². The molecule has 184 valence electrons. The van der Waals surface area contributed by atoms with Crippen molar-refractivity contribution in [1.29, 1.82) is 0 Å². The minimum Gasteiger partial charge on any atom is -0.481 e. The predicted octanol–water partition coefficient (Wildman–Crippen LogP) is 1.13. The van der Waals surface area contributed by atoms with Crippen molar-refractivity contribution in [3.05, 3.63) is 50.6 Å². The van der Waals surface area contributed by atoms with E-state index in [1.165, 1.54) is 13.8 Å². The van der Waals surface area contributed by atoms with Gasteiger partial charge >= 0.3 is 41.8 Å². The number of carbonyl (C=O) groups is 8. The summed E-state index contributed by atoms with van der Waals surface area (Å²) in [6, 6.07) is 0. The van der Waals surface area contributed by atoms with E-state index < -0.39 is 47.8 Å². The third-order valence-corrected chi connectivity index (χ3v) is 1.41. The summed E-state index contributed by atoms with van der Waals surface area (Å²) in [7, 11) is 0. The van der Waals surface area contributed by atoms with Crippen LogP contribution in [0.4, 0.5) is 0 Å². The number of carboxylic acid groups (broad SMARTS) is 2. The summed E-state index contributed by atoms with van der Waals surface area (Å²) in [6.07, 6.45) is 3.57. The summed E-state index contributed by atoms with van der Waals surface area (Å²) in [4.78, 5) is 78.2. The van der Waals surface area contributed by atoms with Crippen LogP contribution in [0, 0.1) is 0 Å². The highest BCUT2D eigenvalue weighted by Gasteiger charge is 1.99. The Kier molecular flexibility index (Phi) is 32.2. The Hall–Kier alpha value is -4.68. The molecule has 0 bridgehead atoms. The zero-order valence-corrected chi connectivity index (χ0v) is 18.5. The lowest BCUT2D eigenvalue weighted by Crippen LogP contribution is -2.05. The van der Waals surface area contributed by atoms with Crippen LogP contribution < -0.4 is 0 Å². The minimum atomic E-state index is -0.981. The van der Waals surface area contributed by atoms with E-state index in [0.717, 1.165) is 38.2 Å². The predicted molar refractivity (Wildman–Crippen MR) is 112 cm³/mol. The number of carboxylic acids is 2. The van der Waals surface area contributed by atoms with Crippen LogP contribution in [0.25, 0.3) is 0 Å². The topological polar surface area (TPSA) is 205 Å². The number of carbonyl (C=O) groups excluding carboxylic acids is 6. The Labute approximate surface area is 189 Å². The van der Waals surface area contributed by atoms with Crippen molar-refractivity contribution in [3.8, 4) is 0 Å². The molecule has 0 aromatic carbocycles. The Morgan fingerprint density at radius 3 is 0.818 bits per heavy atom. The summed E-state index contributed by atoms with van der Waals surface area (Å²) in [5.41, 5.74) is 0. The second kappa shape index (κ2) is 27.3. The second-order valence-electron chi connectivity index (χ2n) is 4.41. The molecule has 0 fully saturated rings. The fourth-order valence-electron chi connectivity index (χ4n) is 0.568. The Morgan fingerprint density at radius 1 is 0.515 bits per heavy atom. The van der Waals surface area contributed by atoms with Crippen molar-refractivity contribution in [3.63, 3.8) is 0 Å². The maximum atomic E-state index is 10.2. The van der Waals surface area contributed by atoms with Crippen LogP contribution in [-0.4, -0.2) is 58.0 Å². The number of aliphatic carboxylic acids is 2. The molecule has 13 heteroatoms. The molecule has 0 spiro atoms. The van der Waals surface area contributed by atoms with Gasteiger partial charge in [0.1, 0.15) is 0 Å². The molecular weight excluding hydrogens is 448 g/mol. The van der Waals surface area contributed by atoms with Crippen LogP contribution in [0.3, 0.4) is 0 Å². The van der Waals surface area contributed by atoms with Gasteiger partial charge in [0.05, 0.1) is 0 Å². The Bertz CT molecular complexity index is 711. The van der Waals surface area contributed by atoms with E-state index in [-0.39, 0.29) is 0 Å². The van der Waals surface area contributed by atoms with E-state index in [2.05, 4.69) is 40.5 Å². The van der Waals surface area contributed by atoms with Gasteiger partial charge in [-0.2, -0.15) is 0 Å². The number of esters is 6. The molecule has 0 aliphatic rings. The maximum Gasteiger partial charge on any atom is 0.338 e. The highest BCUT2D eigenvalue weighted by molar-refractivity contribution is 5.95. The quantitative estimate of drug-likeness (QED) is 0.254. The van der Waals surface area contributed by atoms with Crippen LogP contribution in [0.1, 0.15) is 27.7 Å². The summed E-state index contributed by atoms with van der Waals surface area (Å²) in [5.74, 6) is -5.79. The molecular formula is C20H26O13. The SMILES string of the molecule is C=CC(=O)O.C=CC(=O)OC(=O)C=C.C=CC(=O)OC(C)=O.CC(=O)O.CC(=O)OC(C)=O. The maximum absolute atomic E-state index is 10.2. The fraction of sp³-hybridized carbons (Fsp3) is 0.200. The molecule has 0 atom stereocenters. The largest absolute Gasteiger partial charge is 0.481 e. The highest BCUT2D eigenvalue weighted by atomic mass is 16.6. The molecule has 0 radical (unpaired) electrons. The molecule has 0 aromatic heterocycles. The van der Waals surface area contributed by atoms with Crippen molar-refractivity contribution in [2.45, 2.75) is 27.7 Å². The lowest BCUT2D eigenvalue weighted by molar-refractivity contribution is -0.157. The molecule has 0 aromatic rings. The molecule has 0 heterocycles. The van der Waals surface area contributed by atoms with Crippen molar-refractivity contribution in [1.82, 2.24) is 0 Å². The first kappa shape index (κ1) is 38.9. The van der Waals surface area contributed by atoms with Crippen LogP contribution in [0.15, 0.2) is 50.6 Å². The van der Waals surface area contributed by atoms with Crippen molar-refractivity contribution < 1.29 is 62.8 Å². The molecule has 33 heavy (non-hydrogen) atoms. The van der Waals surface area contributed by atoms with Crippen LogP contribution in [0.5, 0.6) is 0 Å². The summed E-state index contributed by atoms with van der Waals surface area (Å²) >= 11 is 0. The van der Waals surface area contributed by atoms with Gasteiger partial charge in [-0.05, 0) is 0 Å².